The van der Waals surface area contributed by atoms with Crippen LogP contribution in [0.2, 0.25) is 5.15 Å². The fraction of sp³-hybridized carbons (Fsp3) is 0.611. The van der Waals surface area contributed by atoms with Gasteiger partial charge in [-0.3, -0.25) is 10.1 Å². The topological polar surface area (TPSA) is 71.7 Å². The Hall–Kier alpha value is -1.86. The Morgan fingerprint density at radius 2 is 2.19 bits per heavy atom. The summed E-state index contributed by atoms with van der Waals surface area (Å²) in [5.74, 6) is 0.617. The molecule has 26 heavy (non-hydrogen) atoms. The molecule has 8 heteroatoms. The Morgan fingerprint density at radius 3 is 2.81 bits per heavy atom. The molecule has 2 unspecified atom stereocenters. The van der Waals surface area contributed by atoms with Gasteiger partial charge in [-0.1, -0.05) is 31.5 Å². The number of rotatable bonds is 7. The van der Waals surface area contributed by atoms with E-state index in [1.54, 1.807) is 12.3 Å². The zero-order chi connectivity index (χ0) is 18.7. The van der Waals surface area contributed by atoms with Crippen LogP contribution >= 0.6 is 11.6 Å². The zero-order valence-electron chi connectivity index (χ0n) is 15.2. The molecule has 1 aromatic heterocycles. The molecular weight excluding hydrogens is 356 g/mol. The van der Waals surface area contributed by atoms with E-state index in [0.717, 1.165) is 31.5 Å². The van der Waals surface area contributed by atoms with Crippen LogP contribution in [0.15, 0.2) is 29.8 Å². The molecule has 1 saturated heterocycles. The third-order valence-electron chi connectivity index (χ3n) is 5.00. The van der Waals surface area contributed by atoms with Crippen LogP contribution < -0.4 is 0 Å². The van der Waals surface area contributed by atoms with Crippen molar-refractivity contribution in [3.63, 3.8) is 0 Å². The van der Waals surface area contributed by atoms with Crippen molar-refractivity contribution >= 4 is 11.6 Å². The lowest BCUT2D eigenvalue weighted by molar-refractivity contribution is -0.440. The van der Waals surface area contributed by atoms with Crippen molar-refractivity contribution in [2.75, 3.05) is 19.7 Å². The molecule has 0 amide bonds. The minimum atomic E-state index is -0.203. The average molecular weight is 381 g/mol. The standard InChI is InChI=1S/C18H25ClN4O3/c1-3-9-26-16-10-14(4-2)17(23(24)25)18-21(7-8-22(16)18)12-13-5-6-15(19)20-11-13/h5-6,11,14,16H,3-4,7-10,12H2,1-2H3. The van der Waals surface area contributed by atoms with E-state index in [1.807, 2.05) is 13.0 Å². The SMILES string of the molecule is CCCOC1CC(CC)C([N+](=O)[O-])=C2N(Cc3ccc(Cl)nc3)CCN21. The summed E-state index contributed by atoms with van der Waals surface area (Å²) in [6.07, 6.45) is 3.97. The number of aromatic nitrogens is 1. The van der Waals surface area contributed by atoms with E-state index >= 15 is 0 Å². The molecule has 2 aliphatic heterocycles. The molecule has 2 aliphatic rings. The predicted molar refractivity (Wildman–Crippen MR) is 98.8 cm³/mol. The van der Waals surface area contributed by atoms with E-state index in [4.69, 9.17) is 16.3 Å². The van der Waals surface area contributed by atoms with Crippen molar-refractivity contribution in [3.05, 3.63) is 50.7 Å². The molecule has 2 atom stereocenters. The third-order valence-corrected chi connectivity index (χ3v) is 5.22. The quantitative estimate of drug-likeness (QED) is 0.409. The van der Waals surface area contributed by atoms with Crippen LogP contribution in [0, 0.1) is 16.0 Å². The maximum Gasteiger partial charge on any atom is 0.289 e. The number of hydrogen-bond donors (Lipinski definition) is 0. The van der Waals surface area contributed by atoms with E-state index in [0.29, 0.717) is 36.2 Å². The van der Waals surface area contributed by atoms with Crippen LogP contribution in [0.3, 0.4) is 0 Å². The summed E-state index contributed by atoms with van der Waals surface area (Å²) in [4.78, 5) is 19.9. The summed E-state index contributed by atoms with van der Waals surface area (Å²) < 4.78 is 6.03. The van der Waals surface area contributed by atoms with Crippen LogP contribution in [-0.2, 0) is 11.3 Å². The maximum absolute atomic E-state index is 11.9. The van der Waals surface area contributed by atoms with E-state index in [9.17, 15) is 10.1 Å². The molecule has 0 bridgehead atoms. The zero-order valence-corrected chi connectivity index (χ0v) is 16.0. The van der Waals surface area contributed by atoms with Gasteiger partial charge in [0.1, 0.15) is 11.4 Å². The molecule has 0 saturated carbocycles. The van der Waals surface area contributed by atoms with Crippen LogP contribution in [0.5, 0.6) is 0 Å². The highest BCUT2D eigenvalue weighted by atomic mass is 35.5. The minimum absolute atomic E-state index is 0.0908. The first-order chi connectivity index (χ1) is 12.5. The third kappa shape index (κ3) is 3.78. The van der Waals surface area contributed by atoms with Crippen LogP contribution in [-0.4, -0.2) is 45.6 Å². The van der Waals surface area contributed by atoms with Crippen molar-refractivity contribution in [2.45, 2.75) is 45.9 Å². The largest absolute Gasteiger partial charge is 0.358 e. The van der Waals surface area contributed by atoms with Crippen molar-refractivity contribution in [1.29, 1.82) is 0 Å². The van der Waals surface area contributed by atoms with E-state index in [1.165, 1.54) is 0 Å². The summed E-state index contributed by atoms with van der Waals surface area (Å²) in [5, 5.41) is 12.3. The van der Waals surface area contributed by atoms with Gasteiger partial charge >= 0.3 is 0 Å². The Bertz CT molecular complexity index is 680. The molecule has 0 aliphatic carbocycles. The minimum Gasteiger partial charge on any atom is -0.358 e. The first kappa shape index (κ1) is 18.9. The molecule has 0 aromatic carbocycles. The smallest absolute Gasteiger partial charge is 0.289 e. The van der Waals surface area contributed by atoms with Gasteiger partial charge in [-0.15, -0.1) is 0 Å². The average Bonchev–Trinajstić information content (AvgIpc) is 3.04. The van der Waals surface area contributed by atoms with Crippen molar-refractivity contribution in [2.24, 2.45) is 5.92 Å². The summed E-state index contributed by atoms with van der Waals surface area (Å²) >= 11 is 5.86. The molecule has 0 N–H and O–H groups in total. The first-order valence-electron chi connectivity index (χ1n) is 9.17. The second kappa shape index (κ2) is 8.22. The summed E-state index contributed by atoms with van der Waals surface area (Å²) in [6, 6.07) is 3.66. The van der Waals surface area contributed by atoms with Crippen LogP contribution in [0.4, 0.5) is 0 Å². The number of fused-ring (bicyclic) bond motifs is 1. The van der Waals surface area contributed by atoms with Crippen molar-refractivity contribution in [1.82, 2.24) is 14.8 Å². The molecule has 1 aromatic rings. The summed E-state index contributed by atoms with van der Waals surface area (Å²) in [6.45, 7) is 6.78. The van der Waals surface area contributed by atoms with Gasteiger partial charge in [0, 0.05) is 38.9 Å². The van der Waals surface area contributed by atoms with Gasteiger partial charge in [-0.05, 0) is 24.5 Å². The Labute approximate surface area is 158 Å². The number of hydrogen-bond acceptors (Lipinski definition) is 6. The van der Waals surface area contributed by atoms with Crippen molar-refractivity contribution < 1.29 is 9.66 Å². The van der Waals surface area contributed by atoms with Gasteiger partial charge in [-0.25, -0.2) is 4.98 Å². The Morgan fingerprint density at radius 1 is 1.38 bits per heavy atom. The van der Waals surface area contributed by atoms with E-state index < -0.39 is 0 Å². The highest BCUT2D eigenvalue weighted by Crippen LogP contribution is 2.39. The molecule has 3 rings (SSSR count). The number of nitrogens with zero attached hydrogens (tertiary/aromatic N) is 4. The molecule has 0 spiro atoms. The molecule has 1 fully saturated rings. The van der Waals surface area contributed by atoms with Crippen molar-refractivity contribution in [3.8, 4) is 0 Å². The van der Waals surface area contributed by atoms with Gasteiger partial charge < -0.3 is 14.5 Å². The molecule has 0 radical (unpaired) electrons. The van der Waals surface area contributed by atoms with Gasteiger partial charge in [-0.2, -0.15) is 0 Å². The number of halogens is 1. The Balaban J connectivity index is 1.92. The van der Waals surface area contributed by atoms with Gasteiger partial charge in [0.05, 0.1) is 10.8 Å². The number of nitro groups is 1. The molecule has 3 heterocycles. The highest BCUT2D eigenvalue weighted by molar-refractivity contribution is 6.29. The maximum atomic E-state index is 11.9. The first-order valence-corrected chi connectivity index (χ1v) is 9.55. The lowest BCUT2D eigenvalue weighted by Crippen LogP contribution is -2.43. The highest BCUT2D eigenvalue weighted by Gasteiger charge is 2.46. The molecule has 142 valence electrons. The Kier molecular flexibility index (Phi) is 5.98. The van der Waals surface area contributed by atoms with E-state index in [-0.39, 0.29) is 17.1 Å². The number of ether oxygens (including phenoxy) is 1. The predicted octanol–water partition coefficient (Wildman–Crippen LogP) is 3.48. The lowest BCUT2D eigenvalue weighted by atomic mass is 9.93. The monoisotopic (exact) mass is 380 g/mol. The fourth-order valence-electron chi connectivity index (χ4n) is 3.75. The van der Waals surface area contributed by atoms with Gasteiger partial charge in [0.25, 0.3) is 5.70 Å². The van der Waals surface area contributed by atoms with Crippen LogP contribution in [0.1, 0.15) is 38.7 Å². The van der Waals surface area contributed by atoms with Crippen LogP contribution in [0.25, 0.3) is 0 Å². The second-order valence-corrected chi connectivity index (χ2v) is 7.12. The molecular formula is C18H25ClN4O3. The van der Waals surface area contributed by atoms with Gasteiger partial charge in [0.2, 0.25) is 0 Å². The normalized spacial score (nSPS) is 22.7. The number of pyridine rings is 1. The summed E-state index contributed by atoms with van der Waals surface area (Å²) in [7, 11) is 0. The number of allylic oxidation sites excluding steroid dienone is 1. The lowest BCUT2D eigenvalue weighted by Gasteiger charge is -2.37. The summed E-state index contributed by atoms with van der Waals surface area (Å²) in [5.41, 5.74) is 1.30. The second-order valence-electron chi connectivity index (χ2n) is 6.74. The van der Waals surface area contributed by atoms with Gasteiger partial charge in [0.15, 0.2) is 5.82 Å². The van der Waals surface area contributed by atoms with E-state index in [2.05, 4.69) is 21.7 Å². The molecule has 7 nitrogen and oxygen atoms in total. The fourth-order valence-corrected chi connectivity index (χ4v) is 3.86.